The number of rotatable bonds is 10. The molecule has 19 heavy (non-hydrogen) atoms. The van der Waals surface area contributed by atoms with Crippen LogP contribution in [0.15, 0.2) is 30.3 Å². The molecule has 0 aromatic heterocycles. The Kier molecular flexibility index (Phi) is 6.34. The molecule has 3 heteroatoms. The van der Waals surface area contributed by atoms with E-state index in [2.05, 4.69) is 41.0 Å². The molecule has 0 aliphatic heterocycles. The maximum atomic E-state index is 4.98. The Balaban J connectivity index is 1.45. The first kappa shape index (κ1) is 14.5. The van der Waals surface area contributed by atoms with Gasteiger partial charge in [0, 0.05) is 13.7 Å². The van der Waals surface area contributed by atoms with Gasteiger partial charge in [0.1, 0.15) is 0 Å². The average Bonchev–Trinajstić information content (AvgIpc) is 3.22. The lowest BCUT2D eigenvalue weighted by atomic mass is 10.1. The van der Waals surface area contributed by atoms with Gasteiger partial charge in [0.05, 0.1) is 6.61 Å². The second-order valence-electron chi connectivity index (χ2n) is 5.31. The smallest absolute Gasteiger partial charge is 0.0587 e. The zero-order valence-corrected chi connectivity index (χ0v) is 11.9. The molecule has 1 aromatic rings. The molecule has 3 nitrogen and oxygen atoms in total. The summed E-state index contributed by atoms with van der Waals surface area (Å²) < 4.78 is 4.98. The average molecular weight is 262 g/mol. The van der Waals surface area contributed by atoms with Crippen LogP contribution in [0, 0.1) is 5.92 Å². The Morgan fingerprint density at radius 2 is 1.89 bits per heavy atom. The van der Waals surface area contributed by atoms with Gasteiger partial charge in [0.2, 0.25) is 0 Å². The molecule has 1 aliphatic carbocycles. The van der Waals surface area contributed by atoms with Crippen LogP contribution in [0.2, 0.25) is 0 Å². The quantitative estimate of drug-likeness (QED) is 0.633. The second-order valence-corrected chi connectivity index (χ2v) is 5.31. The Morgan fingerprint density at radius 1 is 1.11 bits per heavy atom. The largest absolute Gasteiger partial charge is 0.383 e. The Bertz CT molecular complexity index is 342. The van der Waals surface area contributed by atoms with Crippen LogP contribution in [-0.4, -0.2) is 39.9 Å². The highest BCUT2D eigenvalue weighted by Crippen LogP contribution is 2.46. The van der Waals surface area contributed by atoms with Crippen molar-refractivity contribution in [3.05, 3.63) is 35.9 Å². The van der Waals surface area contributed by atoms with Crippen molar-refractivity contribution in [1.29, 1.82) is 0 Å². The van der Waals surface area contributed by atoms with Gasteiger partial charge in [0.25, 0.3) is 0 Å². The van der Waals surface area contributed by atoms with E-state index in [4.69, 9.17) is 4.74 Å². The molecule has 0 radical (unpaired) electrons. The van der Waals surface area contributed by atoms with Gasteiger partial charge in [-0.3, -0.25) is 0 Å². The zero-order valence-electron chi connectivity index (χ0n) is 11.9. The fraction of sp³-hybridized carbons (Fsp3) is 0.625. The van der Waals surface area contributed by atoms with Gasteiger partial charge in [-0.05, 0) is 49.9 Å². The first-order valence-corrected chi connectivity index (χ1v) is 7.37. The van der Waals surface area contributed by atoms with E-state index in [1.54, 1.807) is 7.11 Å². The van der Waals surface area contributed by atoms with Crippen LogP contribution in [0.5, 0.6) is 0 Å². The summed E-state index contributed by atoms with van der Waals surface area (Å²) in [6, 6.07) is 10.9. The fourth-order valence-corrected chi connectivity index (χ4v) is 2.51. The molecule has 1 saturated carbocycles. The minimum Gasteiger partial charge on any atom is -0.383 e. The van der Waals surface area contributed by atoms with Crippen molar-refractivity contribution < 1.29 is 4.74 Å². The molecule has 0 saturated heterocycles. The van der Waals surface area contributed by atoms with Gasteiger partial charge in [-0.25, -0.2) is 0 Å². The van der Waals surface area contributed by atoms with E-state index in [0.29, 0.717) is 0 Å². The number of benzene rings is 1. The molecule has 2 atom stereocenters. The Hall–Kier alpha value is -0.900. The van der Waals surface area contributed by atoms with Crippen LogP contribution < -0.4 is 10.6 Å². The van der Waals surface area contributed by atoms with Crippen LogP contribution in [0.25, 0.3) is 0 Å². The summed E-state index contributed by atoms with van der Waals surface area (Å²) in [5.74, 6) is 1.65. The van der Waals surface area contributed by atoms with Crippen LogP contribution in [0.3, 0.4) is 0 Å². The molecule has 1 aliphatic rings. The number of hydrogen-bond acceptors (Lipinski definition) is 3. The highest BCUT2D eigenvalue weighted by atomic mass is 16.5. The van der Waals surface area contributed by atoms with Crippen LogP contribution >= 0.6 is 0 Å². The highest BCUT2D eigenvalue weighted by molar-refractivity contribution is 5.25. The summed E-state index contributed by atoms with van der Waals surface area (Å²) in [6.45, 7) is 5.10. The van der Waals surface area contributed by atoms with Crippen molar-refractivity contribution in [1.82, 2.24) is 10.6 Å². The predicted octanol–water partition coefficient (Wildman–Crippen LogP) is 2.01. The lowest BCUT2D eigenvalue weighted by Crippen LogP contribution is -2.25. The third kappa shape index (κ3) is 5.31. The molecule has 0 amide bonds. The van der Waals surface area contributed by atoms with Crippen molar-refractivity contribution in [3.63, 3.8) is 0 Å². The fourth-order valence-electron chi connectivity index (χ4n) is 2.51. The first-order valence-electron chi connectivity index (χ1n) is 7.37. The zero-order chi connectivity index (χ0) is 13.3. The molecular weight excluding hydrogens is 236 g/mol. The monoisotopic (exact) mass is 262 g/mol. The Morgan fingerprint density at radius 3 is 2.68 bits per heavy atom. The van der Waals surface area contributed by atoms with Gasteiger partial charge in [0.15, 0.2) is 0 Å². The molecule has 0 spiro atoms. The van der Waals surface area contributed by atoms with E-state index in [1.807, 2.05) is 0 Å². The molecule has 1 fully saturated rings. The van der Waals surface area contributed by atoms with Crippen molar-refractivity contribution >= 4 is 0 Å². The summed E-state index contributed by atoms with van der Waals surface area (Å²) in [4.78, 5) is 0. The van der Waals surface area contributed by atoms with Gasteiger partial charge < -0.3 is 15.4 Å². The topological polar surface area (TPSA) is 33.3 Å². The van der Waals surface area contributed by atoms with Crippen molar-refractivity contribution in [2.45, 2.75) is 18.8 Å². The first-order chi connectivity index (χ1) is 9.42. The van der Waals surface area contributed by atoms with E-state index < -0.39 is 0 Å². The maximum absolute atomic E-state index is 4.98. The molecule has 2 N–H and O–H groups in total. The minimum absolute atomic E-state index is 0.800. The van der Waals surface area contributed by atoms with Crippen LogP contribution in [0.1, 0.15) is 24.3 Å². The van der Waals surface area contributed by atoms with E-state index in [0.717, 1.165) is 44.6 Å². The lowest BCUT2D eigenvalue weighted by molar-refractivity contribution is 0.199. The van der Waals surface area contributed by atoms with E-state index in [1.165, 1.54) is 18.4 Å². The van der Waals surface area contributed by atoms with Gasteiger partial charge in [-0.2, -0.15) is 0 Å². The third-order valence-electron chi connectivity index (χ3n) is 3.75. The normalized spacial score (nSPS) is 21.5. The summed E-state index contributed by atoms with van der Waals surface area (Å²) >= 11 is 0. The molecule has 0 bridgehead atoms. The van der Waals surface area contributed by atoms with Gasteiger partial charge in [-0.15, -0.1) is 0 Å². The molecule has 106 valence electrons. The van der Waals surface area contributed by atoms with E-state index in [-0.39, 0.29) is 0 Å². The number of nitrogens with one attached hydrogen (secondary N) is 2. The van der Waals surface area contributed by atoms with E-state index >= 15 is 0 Å². The Labute approximate surface area is 116 Å². The molecular formula is C16H26N2O. The number of methoxy groups -OCH3 is 1. The lowest BCUT2D eigenvalue weighted by Gasteiger charge is -2.06. The molecule has 2 rings (SSSR count). The number of hydrogen-bond donors (Lipinski definition) is 2. The van der Waals surface area contributed by atoms with Crippen LogP contribution in [-0.2, 0) is 4.74 Å². The highest BCUT2D eigenvalue weighted by Gasteiger charge is 2.37. The molecule has 2 unspecified atom stereocenters. The van der Waals surface area contributed by atoms with Crippen molar-refractivity contribution in [2.75, 3.05) is 39.9 Å². The standard InChI is InChI=1S/C16H26N2O/c1-19-11-10-17-8-5-9-18-13-15-12-16(15)14-6-3-2-4-7-14/h2-4,6-7,15-18H,5,8-13H2,1H3. The molecule has 0 heterocycles. The third-order valence-corrected chi connectivity index (χ3v) is 3.75. The van der Waals surface area contributed by atoms with E-state index in [9.17, 15) is 0 Å². The minimum atomic E-state index is 0.800. The number of ether oxygens (including phenoxy) is 1. The molecule has 1 aromatic carbocycles. The van der Waals surface area contributed by atoms with Crippen molar-refractivity contribution in [3.8, 4) is 0 Å². The summed E-state index contributed by atoms with van der Waals surface area (Å²) in [5.41, 5.74) is 1.51. The predicted molar refractivity (Wildman–Crippen MR) is 79.5 cm³/mol. The summed E-state index contributed by atoms with van der Waals surface area (Å²) in [5, 5.41) is 6.93. The van der Waals surface area contributed by atoms with Crippen molar-refractivity contribution in [2.24, 2.45) is 5.92 Å². The van der Waals surface area contributed by atoms with Gasteiger partial charge in [-0.1, -0.05) is 30.3 Å². The summed E-state index contributed by atoms with van der Waals surface area (Å²) in [6.07, 6.45) is 2.54. The summed E-state index contributed by atoms with van der Waals surface area (Å²) in [7, 11) is 1.74. The second kappa shape index (κ2) is 8.31. The van der Waals surface area contributed by atoms with Gasteiger partial charge >= 0.3 is 0 Å². The SMILES string of the molecule is COCCNCCCNCC1CC1c1ccccc1. The van der Waals surface area contributed by atoms with Crippen LogP contribution in [0.4, 0.5) is 0 Å². The maximum Gasteiger partial charge on any atom is 0.0587 e.